The molecular weight excluding hydrogens is 323 g/mol. The predicted molar refractivity (Wildman–Crippen MR) is 86.8 cm³/mol. The van der Waals surface area contributed by atoms with Crippen LogP contribution in [0.25, 0.3) is 0 Å². The van der Waals surface area contributed by atoms with Crippen LogP contribution in [-0.4, -0.2) is 45.5 Å². The van der Waals surface area contributed by atoms with Crippen molar-refractivity contribution in [3.8, 4) is 0 Å². The van der Waals surface area contributed by atoms with Crippen LogP contribution in [0.2, 0.25) is 0 Å². The Hall–Kier alpha value is -0.810. The third kappa shape index (κ3) is 3.74. The summed E-state index contributed by atoms with van der Waals surface area (Å²) >= 11 is 11.8. The summed E-state index contributed by atoms with van der Waals surface area (Å²) < 4.78 is -0.886. The summed E-state index contributed by atoms with van der Waals surface area (Å²) in [6.07, 6.45) is 0.847. The topological polar surface area (TPSA) is 52.6 Å². The zero-order valence-electron chi connectivity index (χ0n) is 12.2. The number of carbonyl (C=O) groups excluding carboxylic acids is 1. The summed E-state index contributed by atoms with van der Waals surface area (Å²) in [5.41, 5.74) is 1.20. The predicted octanol–water partition coefficient (Wildman–Crippen LogP) is 1.93. The highest BCUT2D eigenvalue weighted by molar-refractivity contribution is 6.52. The van der Waals surface area contributed by atoms with Crippen LogP contribution in [-0.2, 0) is 11.3 Å². The largest absolute Gasteiger partial charge is 0.392 e. The Bertz CT molecular complexity index is 538. The number of carbonyl (C=O) groups is 1. The van der Waals surface area contributed by atoms with E-state index >= 15 is 0 Å². The smallest absolute Gasteiger partial charge is 0.226 e. The molecule has 0 bridgehead atoms. The summed E-state index contributed by atoms with van der Waals surface area (Å²) in [5, 5.41) is 12.8. The van der Waals surface area contributed by atoms with Crippen molar-refractivity contribution in [2.75, 3.05) is 13.1 Å². The quantitative estimate of drug-likeness (QED) is 0.804. The average Bonchev–Trinajstić information content (AvgIpc) is 2.98. The second kappa shape index (κ2) is 6.36. The molecule has 2 N–H and O–H groups in total. The number of amides is 1. The van der Waals surface area contributed by atoms with Gasteiger partial charge in [-0.05, 0) is 18.4 Å². The molecule has 1 aromatic carbocycles. The molecule has 1 aliphatic carbocycles. The van der Waals surface area contributed by atoms with Crippen molar-refractivity contribution in [1.82, 2.24) is 10.2 Å². The first-order valence-electron chi connectivity index (χ1n) is 7.57. The first kappa shape index (κ1) is 16.1. The van der Waals surface area contributed by atoms with Crippen LogP contribution in [0.4, 0.5) is 0 Å². The molecular formula is C16H20Cl2N2O2. The van der Waals surface area contributed by atoms with Crippen molar-refractivity contribution in [2.24, 2.45) is 5.92 Å². The molecule has 0 radical (unpaired) electrons. The summed E-state index contributed by atoms with van der Waals surface area (Å²) in [7, 11) is 0. The first-order chi connectivity index (χ1) is 10.5. The first-order valence-corrected chi connectivity index (χ1v) is 8.33. The Labute approximate surface area is 140 Å². The number of hydrogen-bond acceptors (Lipinski definition) is 3. The van der Waals surface area contributed by atoms with Gasteiger partial charge in [0.2, 0.25) is 5.91 Å². The Balaban J connectivity index is 1.54. The van der Waals surface area contributed by atoms with Gasteiger partial charge in [-0.15, -0.1) is 23.2 Å². The third-order valence-corrected chi connectivity index (χ3v) is 5.22. The number of nitrogens with one attached hydrogen (secondary N) is 1. The van der Waals surface area contributed by atoms with Crippen LogP contribution >= 0.6 is 23.2 Å². The van der Waals surface area contributed by atoms with Gasteiger partial charge < -0.3 is 10.4 Å². The molecule has 1 saturated heterocycles. The number of halogens is 2. The van der Waals surface area contributed by atoms with Gasteiger partial charge in [0.05, 0.1) is 12.0 Å². The van der Waals surface area contributed by atoms with E-state index in [-0.39, 0.29) is 24.0 Å². The molecule has 0 unspecified atom stereocenters. The molecule has 22 heavy (non-hydrogen) atoms. The van der Waals surface area contributed by atoms with E-state index in [1.54, 1.807) is 0 Å². The number of hydrogen-bond donors (Lipinski definition) is 2. The van der Waals surface area contributed by atoms with Gasteiger partial charge in [-0.25, -0.2) is 0 Å². The molecule has 1 amide bonds. The number of rotatable bonds is 5. The van der Waals surface area contributed by atoms with Gasteiger partial charge in [-0.2, -0.15) is 0 Å². The Morgan fingerprint density at radius 2 is 2.05 bits per heavy atom. The maximum Gasteiger partial charge on any atom is 0.226 e. The van der Waals surface area contributed by atoms with Crippen molar-refractivity contribution < 1.29 is 9.90 Å². The fourth-order valence-corrected chi connectivity index (χ4v) is 3.53. The van der Waals surface area contributed by atoms with E-state index in [1.807, 2.05) is 18.2 Å². The fourth-order valence-electron chi connectivity index (χ4n) is 3.02. The molecule has 0 aromatic heterocycles. The van der Waals surface area contributed by atoms with E-state index in [2.05, 4.69) is 22.3 Å². The minimum absolute atomic E-state index is 0.0916. The summed E-state index contributed by atoms with van der Waals surface area (Å²) in [6.45, 7) is 1.92. The number of likely N-dealkylation sites (tertiary alicyclic amines) is 1. The molecule has 1 aliphatic heterocycles. The van der Waals surface area contributed by atoms with Gasteiger partial charge in [0, 0.05) is 25.7 Å². The molecule has 6 heteroatoms. The Morgan fingerprint density at radius 3 is 2.68 bits per heavy atom. The normalized spacial score (nSPS) is 30.2. The molecule has 120 valence electrons. The molecule has 2 fully saturated rings. The van der Waals surface area contributed by atoms with Crippen LogP contribution < -0.4 is 5.32 Å². The summed E-state index contributed by atoms with van der Waals surface area (Å²) in [6, 6.07) is 10.3. The maximum atomic E-state index is 12.0. The lowest BCUT2D eigenvalue weighted by molar-refractivity contribution is -0.122. The second-order valence-corrected chi connectivity index (χ2v) is 7.76. The SMILES string of the molecule is O=C(NC[C@@H]1C[C@H](O)CN1Cc1ccccc1)[C@H]1CC1(Cl)Cl. The molecule has 3 rings (SSSR count). The van der Waals surface area contributed by atoms with Gasteiger partial charge in [0.1, 0.15) is 4.33 Å². The van der Waals surface area contributed by atoms with Crippen LogP contribution in [0, 0.1) is 5.92 Å². The average molecular weight is 343 g/mol. The second-order valence-electron chi connectivity index (χ2n) is 6.22. The lowest BCUT2D eigenvalue weighted by atomic mass is 10.1. The van der Waals surface area contributed by atoms with Crippen LogP contribution in [0.5, 0.6) is 0 Å². The van der Waals surface area contributed by atoms with Crippen LogP contribution in [0.15, 0.2) is 30.3 Å². The zero-order valence-corrected chi connectivity index (χ0v) is 13.7. The van der Waals surface area contributed by atoms with Crippen molar-refractivity contribution in [3.63, 3.8) is 0 Å². The van der Waals surface area contributed by atoms with E-state index in [1.165, 1.54) is 5.56 Å². The van der Waals surface area contributed by atoms with E-state index in [4.69, 9.17) is 23.2 Å². The molecule has 4 nitrogen and oxygen atoms in total. The summed E-state index contributed by atoms with van der Waals surface area (Å²) in [5.74, 6) is -0.393. The molecule has 0 spiro atoms. The van der Waals surface area contributed by atoms with Crippen LogP contribution in [0.3, 0.4) is 0 Å². The molecule has 1 saturated carbocycles. The highest BCUT2D eigenvalue weighted by Gasteiger charge is 2.56. The number of alkyl halides is 2. The highest BCUT2D eigenvalue weighted by atomic mass is 35.5. The van der Waals surface area contributed by atoms with Crippen molar-refractivity contribution >= 4 is 29.1 Å². The molecule has 1 aromatic rings. The van der Waals surface area contributed by atoms with Gasteiger partial charge in [-0.3, -0.25) is 9.69 Å². The number of β-amino-alcohol motifs (C(OH)–C–C–N with tert-alkyl or cyclic N) is 1. The standard InChI is InChI=1S/C16H20Cl2N2O2/c17-16(18)7-14(16)15(22)19-8-12-6-13(21)10-20(12)9-11-4-2-1-3-5-11/h1-5,12-14,21H,6-10H2,(H,19,22)/t12-,13-,14+/m0/s1. The third-order valence-electron chi connectivity index (χ3n) is 4.39. The maximum absolute atomic E-state index is 12.0. The summed E-state index contributed by atoms with van der Waals surface area (Å²) in [4.78, 5) is 14.2. The number of aliphatic hydroxyl groups is 1. The van der Waals surface area contributed by atoms with E-state index in [0.29, 0.717) is 25.9 Å². The number of nitrogens with zero attached hydrogens (tertiary/aromatic N) is 1. The molecule has 1 heterocycles. The Morgan fingerprint density at radius 1 is 1.36 bits per heavy atom. The van der Waals surface area contributed by atoms with Gasteiger partial charge >= 0.3 is 0 Å². The minimum Gasteiger partial charge on any atom is -0.392 e. The van der Waals surface area contributed by atoms with Crippen molar-refractivity contribution in [3.05, 3.63) is 35.9 Å². The van der Waals surface area contributed by atoms with Gasteiger partial charge in [0.15, 0.2) is 0 Å². The van der Waals surface area contributed by atoms with E-state index in [9.17, 15) is 9.90 Å². The number of aliphatic hydroxyl groups excluding tert-OH is 1. The van der Waals surface area contributed by atoms with E-state index < -0.39 is 4.33 Å². The number of benzene rings is 1. The fraction of sp³-hybridized carbons (Fsp3) is 0.562. The molecule has 2 aliphatic rings. The minimum atomic E-state index is -0.886. The lowest BCUT2D eigenvalue weighted by Gasteiger charge is -2.24. The van der Waals surface area contributed by atoms with Gasteiger partial charge in [-0.1, -0.05) is 30.3 Å². The highest BCUT2D eigenvalue weighted by Crippen LogP contribution is 2.53. The lowest BCUT2D eigenvalue weighted by Crippen LogP contribution is -2.40. The Kier molecular flexibility index (Phi) is 4.64. The van der Waals surface area contributed by atoms with Crippen LogP contribution in [0.1, 0.15) is 18.4 Å². The molecule has 3 atom stereocenters. The monoisotopic (exact) mass is 342 g/mol. The van der Waals surface area contributed by atoms with Crippen molar-refractivity contribution in [1.29, 1.82) is 0 Å². The zero-order chi connectivity index (χ0) is 15.7. The van der Waals surface area contributed by atoms with E-state index in [0.717, 1.165) is 6.54 Å². The van der Waals surface area contributed by atoms with Gasteiger partial charge in [0.25, 0.3) is 0 Å². The van der Waals surface area contributed by atoms with Crippen molar-refractivity contribution in [2.45, 2.75) is 35.9 Å².